The molecule has 0 saturated heterocycles. The fraction of sp³-hybridized carbons (Fsp3) is 0.667. The van der Waals surface area contributed by atoms with Gasteiger partial charge in [-0.2, -0.15) is 5.10 Å². The van der Waals surface area contributed by atoms with E-state index in [4.69, 9.17) is 0 Å². The van der Waals surface area contributed by atoms with E-state index in [1.54, 1.807) is 0 Å². The molecule has 1 unspecified atom stereocenters. The van der Waals surface area contributed by atoms with Gasteiger partial charge < -0.3 is 5.32 Å². The third-order valence-corrected chi connectivity index (χ3v) is 1.83. The summed E-state index contributed by atoms with van der Waals surface area (Å²) in [5.74, 6) is 0.634. The van der Waals surface area contributed by atoms with Gasteiger partial charge in [-0.15, -0.1) is 0 Å². The molecule has 1 heterocycles. The van der Waals surface area contributed by atoms with Crippen LogP contribution in [-0.2, 0) is 6.54 Å². The molecule has 12 heavy (non-hydrogen) atoms. The quantitative estimate of drug-likeness (QED) is 0.726. The third kappa shape index (κ3) is 2.66. The third-order valence-electron chi connectivity index (χ3n) is 1.83. The summed E-state index contributed by atoms with van der Waals surface area (Å²) in [6, 6.07) is 2.03. The number of nitrogens with one attached hydrogen (secondary N) is 1. The van der Waals surface area contributed by atoms with Crippen LogP contribution in [-0.4, -0.2) is 23.4 Å². The lowest BCUT2D eigenvalue weighted by Gasteiger charge is -2.09. The van der Waals surface area contributed by atoms with Gasteiger partial charge in [-0.25, -0.2) is 0 Å². The molecule has 0 saturated carbocycles. The molecule has 0 aliphatic carbocycles. The molecule has 1 aromatic heterocycles. The molecule has 0 spiro atoms. The van der Waals surface area contributed by atoms with Gasteiger partial charge in [-0.1, -0.05) is 6.92 Å². The molecule has 3 heteroatoms. The lowest BCUT2D eigenvalue weighted by Crippen LogP contribution is -2.20. The van der Waals surface area contributed by atoms with Gasteiger partial charge >= 0.3 is 0 Å². The number of nitrogens with zero attached hydrogens (tertiary/aromatic N) is 2. The lowest BCUT2D eigenvalue weighted by molar-refractivity contribution is 0.434. The first kappa shape index (κ1) is 9.26. The van der Waals surface area contributed by atoms with E-state index in [1.165, 1.54) is 0 Å². The summed E-state index contributed by atoms with van der Waals surface area (Å²) in [5, 5.41) is 7.48. The Morgan fingerprint density at radius 2 is 2.42 bits per heavy atom. The van der Waals surface area contributed by atoms with Crippen molar-refractivity contribution in [2.75, 3.05) is 13.6 Å². The molecule has 0 bridgehead atoms. The van der Waals surface area contributed by atoms with Gasteiger partial charge in [0, 0.05) is 12.7 Å². The number of hydrogen-bond acceptors (Lipinski definition) is 2. The highest BCUT2D eigenvalue weighted by molar-refractivity contribution is 4.94. The first-order chi connectivity index (χ1) is 5.72. The van der Waals surface area contributed by atoms with Crippen LogP contribution in [0.25, 0.3) is 0 Å². The molecule has 0 aromatic carbocycles. The molecule has 0 amide bonds. The zero-order valence-corrected chi connectivity index (χ0v) is 8.04. The van der Waals surface area contributed by atoms with Crippen LogP contribution in [0, 0.1) is 12.8 Å². The maximum atomic E-state index is 4.32. The van der Waals surface area contributed by atoms with Crippen molar-refractivity contribution in [2.24, 2.45) is 5.92 Å². The Hall–Kier alpha value is -0.830. The van der Waals surface area contributed by atoms with Crippen LogP contribution in [0.4, 0.5) is 0 Å². The van der Waals surface area contributed by atoms with E-state index in [9.17, 15) is 0 Å². The molecule has 0 radical (unpaired) electrons. The Bertz CT molecular complexity index is 229. The molecule has 1 N–H and O–H groups in total. The van der Waals surface area contributed by atoms with Crippen molar-refractivity contribution in [3.05, 3.63) is 18.0 Å². The van der Waals surface area contributed by atoms with Crippen molar-refractivity contribution in [2.45, 2.75) is 20.4 Å². The van der Waals surface area contributed by atoms with Gasteiger partial charge in [0.15, 0.2) is 0 Å². The van der Waals surface area contributed by atoms with Crippen LogP contribution in [0.5, 0.6) is 0 Å². The van der Waals surface area contributed by atoms with Crippen molar-refractivity contribution in [3.8, 4) is 0 Å². The standard InChI is InChI=1S/C9H17N3/c1-8(6-10-3)7-12-5-4-9(2)11-12/h4-5,8,10H,6-7H2,1-3H3. The summed E-state index contributed by atoms with van der Waals surface area (Å²) < 4.78 is 2.00. The first-order valence-electron chi connectivity index (χ1n) is 4.37. The molecule has 1 aromatic rings. The van der Waals surface area contributed by atoms with Crippen molar-refractivity contribution < 1.29 is 0 Å². The van der Waals surface area contributed by atoms with Crippen LogP contribution in [0.1, 0.15) is 12.6 Å². The highest BCUT2D eigenvalue weighted by Crippen LogP contribution is 1.99. The highest BCUT2D eigenvalue weighted by atomic mass is 15.3. The SMILES string of the molecule is CNCC(C)Cn1ccc(C)n1. The Morgan fingerprint density at radius 3 is 2.92 bits per heavy atom. The van der Waals surface area contributed by atoms with Gasteiger partial charge in [-0.3, -0.25) is 4.68 Å². The number of rotatable bonds is 4. The van der Waals surface area contributed by atoms with Crippen molar-refractivity contribution >= 4 is 0 Å². The van der Waals surface area contributed by atoms with Gasteiger partial charge in [0.1, 0.15) is 0 Å². The molecule has 0 aliphatic rings. The summed E-state index contributed by atoms with van der Waals surface area (Å²) in [4.78, 5) is 0. The Balaban J connectivity index is 2.41. The monoisotopic (exact) mass is 167 g/mol. The largest absolute Gasteiger partial charge is 0.319 e. The zero-order chi connectivity index (χ0) is 8.97. The minimum atomic E-state index is 0.634. The number of hydrogen-bond donors (Lipinski definition) is 1. The molecular formula is C9H17N3. The fourth-order valence-corrected chi connectivity index (χ4v) is 1.30. The van der Waals surface area contributed by atoms with E-state index < -0.39 is 0 Å². The van der Waals surface area contributed by atoms with E-state index in [-0.39, 0.29) is 0 Å². The van der Waals surface area contributed by atoms with Crippen LogP contribution >= 0.6 is 0 Å². The molecule has 68 valence electrons. The van der Waals surface area contributed by atoms with E-state index in [1.807, 2.05) is 30.9 Å². The minimum Gasteiger partial charge on any atom is -0.319 e. The maximum Gasteiger partial charge on any atom is 0.0593 e. The molecule has 0 fully saturated rings. The van der Waals surface area contributed by atoms with E-state index >= 15 is 0 Å². The van der Waals surface area contributed by atoms with Crippen LogP contribution in [0.2, 0.25) is 0 Å². The smallest absolute Gasteiger partial charge is 0.0593 e. The second-order valence-corrected chi connectivity index (χ2v) is 3.34. The minimum absolute atomic E-state index is 0.634. The number of aromatic nitrogens is 2. The van der Waals surface area contributed by atoms with E-state index in [0.717, 1.165) is 18.8 Å². The van der Waals surface area contributed by atoms with Crippen molar-refractivity contribution in [1.29, 1.82) is 0 Å². The van der Waals surface area contributed by atoms with Crippen LogP contribution in [0.3, 0.4) is 0 Å². The predicted octanol–water partition coefficient (Wildman–Crippen LogP) is 1.05. The summed E-state index contributed by atoms with van der Waals surface area (Å²) >= 11 is 0. The van der Waals surface area contributed by atoms with Crippen molar-refractivity contribution in [3.63, 3.8) is 0 Å². The molecule has 0 aliphatic heterocycles. The summed E-state index contributed by atoms with van der Waals surface area (Å²) in [6.45, 7) is 6.26. The van der Waals surface area contributed by atoms with Gasteiger partial charge in [0.25, 0.3) is 0 Å². The average Bonchev–Trinajstić information content (AvgIpc) is 2.36. The van der Waals surface area contributed by atoms with Gasteiger partial charge in [-0.05, 0) is 32.5 Å². The molecular weight excluding hydrogens is 150 g/mol. The number of aryl methyl sites for hydroxylation is 1. The van der Waals surface area contributed by atoms with Crippen LogP contribution in [0.15, 0.2) is 12.3 Å². The Morgan fingerprint density at radius 1 is 1.67 bits per heavy atom. The molecule has 1 rings (SSSR count). The average molecular weight is 167 g/mol. The maximum absolute atomic E-state index is 4.32. The normalized spacial score (nSPS) is 13.2. The zero-order valence-electron chi connectivity index (χ0n) is 8.04. The molecule has 3 nitrogen and oxygen atoms in total. The second kappa shape index (κ2) is 4.26. The predicted molar refractivity (Wildman–Crippen MR) is 50.1 cm³/mol. The molecule has 1 atom stereocenters. The summed E-state index contributed by atoms with van der Waals surface area (Å²) in [6.07, 6.45) is 2.03. The summed E-state index contributed by atoms with van der Waals surface area (Å²) in [5.41, 5.74) is 1.09. The van der Waals surface area contributed by atoms with E-state index in [0.29, 0.717) is 5.92 Å². The second-order valence-electron chi connectivity index (χ2n) is 3.34. The fourth-order valence-electron chi connectivity index (χ4n) is 1.30. The Labute approximate surface area is 73.8 Å². The van der Waals surface area contributed by atoms with Gasteiger partial charge in [0.05, 0.1) is 5.69 Å². The lowest BCUT2D eigenvalue weighted by atomic mass is 10.2. The first-order valence-corrected chi connectivity index (χ1v) is 4.37. The van der Waals surface area contributed by atoms with Crippen molar-refractivity contribution in [1.82, 2.24) is 15.1 Å². The van der Waals surface area contributed by atoms with Gasteiger partial charge in [0.2, 0.25) is 0 Å². The van der Waals surface area contributed by atoms with E-state index in [2.05, 4.69) is 17.3 Å². The summed E-state index contributed by atoms with van der Waals surface area (Å²) in [7, 11) is 1.98. The Kier molecular flexibility index (Phi) is 3.29. The highest BCUT2D eigenvalue weighted by Gasteiger charge is 2.01. The van der Waals surface area contributed by atoms with Crippen LogP contribution < -0.4 is 5.32 Å². The topological polar surface area (TPSA) is 29.9 Å².